The summed E-state index contributed by atoms with van der Waals surface area (Å²) in [6, 6.07) is 4.01. The average molecular weight is 274 g/mol. The lowest BCUT2D eigenvalue weighted by Gasteiger charge is -2.09. The third-order valence-corrected chi connectivity index (χ3v) is 4.45. The minimum absolute atomic E-state index is 0.00153. The van der Waals surface area contributed by atoms with E-state index in [4.69, 9.17) is 5.11 Å². The number of halogens is 1. The van der Waals surface area contributed by atoms with E-state index in [0.29, 0.717) is 12.0 Å². The van der Waals surface area contributed by atoms with Gasteiger partial charge in [0, 0.05) is 0 Å². The molecule has 0 aromatic heterocycles. The van der Waals surface area contributed by atoms with Crippen LogP contribution in [0.4, 0.5) is 4.39 Å². The van der Waals surface area contributed by atoms with Crippen molar-refractivity contribution < 1.29 is 22.7 Å². The third kappa shape index (κ3) is 3.29. The molecule has 0 saturated heterocycles. The van der Waals surface area contributed by atoms with Crippen LogP contribution in [0.3, 0.4) is 0 Å². The Morgan fingerprint density at radius 2 is 2.06 bits per heavy atom. The van der Waals surface area contributed by atoms with Crippen molar-refractivity contribution in [2.75, 3.05) is 12.4 Å². The number of hydrogen-bond acceptors (Lipinski definition) is 3. The molecule has 0 fully saturated rings. The molecule has 0 aliphatic heterocycles. The van der Waals surface area contributed by atoms with E-state index in [9.17, 15) is 17.6 Å². The van der Waals surface area contributed by atoms with E-state index in [1.807, 2.05) is 0 Å². The highest BCUT2D eigenvalue weighted by Gasteiger charge is 2.19. The van der Waals surface area contributed by atoms with Crippen molar-refractivity contribution in [3.8, 4) is 0 Å². The molecule has 4 nitrogen and oxygen atoms in total. The summed E-state index contributed by atoms with van der Waals surface area (Å²) in [5.74, 6) is -1.49. The molecule has 1 aromatic rings. The van der Waals surface area contributed by atoms with Gasteiger partial charge in [-0.05, 0) is 30.5 Å². The molecule has 0 heterocycles. The number of rotatable bonds is 6. The Morgan fingerprint density at radius 3 is 2.56 bits per heavy atom. The Balaban J connectivity index is 3.27. The number of sulfone groups is 1. The normalized spacial score (nSPS) is 11.4. The summed E-state index contributed by atoms with van der Waals surface area (Å²) in [7, 11) is -3.62. The van der Waals surface area contributed by atoms with E-state index >= 15 is 0 Å². The van der Waals surface area contributed by atoms with Gasteiger partial charge < -0.3 is 5.11 Å². The minimum Gasteiger partial charge on any atom is -0.478 e. The number of benzene rings is 1. The van der Waals surface area contributed by atoms with E-state index in [-0.39, 0.29) is 22.6 Å². The first kappa shape index (κ1) is 14.6. The molecule has 0 aliphatic carbocycles. The summed E-state index contributed by atoms with van der Waals surface area (Å²) in [5, 5.41) is 8.86. The molecule has 0 unspecified atom stereocenters. The lowest BCUT2D eigenvalue weighted by Crippen LogP contribution is -2.11. The number of aromatic carboxylic acids is 1. The van der Waals surface area contributed by atoms with Crippen molar-refractivity contribution in [3.05, 3.63) is 29.3 Å². The zero-order valence-corrected chi connectivity index (χ0v) is 10.8. The fourth-order valence-electron chi connectivity index (χ4n) is 1.62. The van der Waals surface area contributed by atoms with Gasteiger partial charge in [0.2, 0.25) is 0 Å². The summed E-state index contributed by atoms with van der Waals surface area (Å²) in [4.78, 5) is 10.8. The van der Waals surface area contributed by atoms with Crippen molar-refractivity contribution in [2.45, 2.75) is 24.7 Å². The van der Waals surface area contributed by atoms with Gasteiger partial charge in [-0.1, -0.05) is 13.0 Å². The highest BCUT2D eigenvalue weighted by atomic mass is 32.2. The number of alkyl halides is 1. The van der Waals surface area contributed by atoms with Gasteiger partial charge in [0.15, 0.2) is 9.84 Å². The zero-order chi connectivity index (χ0) is 13.8. The van der Waals surface area contributed by atoms with Crippen LogP contribution in [0.25, 0.3) is 0 Å². The first-order valence-corrected chi connectivity index (χ1v) is 7.22. The SMILES string of the molecule is CCc1ccc(C(=O)O)cc1S(=O)(=O)CCCF. The van der Waals surface area contributed by atoms with Gasteiger partial charge in [-0.2, -0.15) is 0 Å². The number of aryl methyl sites for hydroxylation is 1. The molecule has 1 N–H and O–H groups in total. The van der Waals surface area contributed by atoms with E-state index in [0.717, 1.165) is 6.07 Å². The van der Waals surface area contributed by atoms with Crippen LogP contribution in [0.15, 0.2) is 23.1 Å². The molecule has 0 aliphatic rings. The first-order valence-electron chi connectivity index (χ1n) is 5.57. The molecule has 0 atom stereocenters. The Kier molecular flexibility index (Phi) is 4.84. The highest BCUT2D eigenvalue weighted by molar-refractivity contribution is 7.91. The van der Waals surface area contributed by atoms with Crippen LogP contribution in [-0.2, 0) is 16.3 Å². The quantitative estimate of drug-likeness (QED) is 0.862. The molecule has 0 bridgehead atoms. The summed E-state index contributed by atoms with van der Waals surface area (Å²) >= 11 is 0. The average Bonchev–Trinajstić information content (AvgIpc) is 2.35. The van der Waals surface area contributed by atoms with Gasteiger partial charge in [0.25, 0.3) is 0 Å². The van der Waals surface area contributed by atoms with Crippen molar-refractivity contribution >= 4 is 15.8 Å². The summed E-state index contributed by atoms with van der Waals surface area (Å²) in [6.45, 7) is 1.07. The fourth-order valence-corrected chi connectivity index (χ4v) is 3.25. The molecule has 6 heteroatoms. The van der Waals surface area contributed by atoms with Crippen LogP contribution in [0.1, 0.15) is 29.3 Å². The van der Waals surface area contributed by atoms with Crippen LogP contribution in [0.2, 0.25) is 0 Å². The van der Waals surface area contributed by atoms with Crippen LogP contribution < -0.4 is 0 Å². The molecule has 0 saturated carbocycles. The minimum atomic E-state index is -3.62. The monoisotopic (exact) mass is 274 g/mol. The van der Waals surface area contributed by atoms with E-state index < -0.39 is 22.5 Å². The molecule has 0 spiro atoms. The van der Waals surface area contributed by atoms with Crippen LogP contribution in [0.5, 0.6) is 0 Å². The van der Waals surface area contributed by atoms with E-state index in [2.05, 4.69) is 0 Å². The van der Waals surface area contributed by atoms with Gasteiger partial charge in [0.05, 0.1) is 22.9 Å². The number of carbonyl (C=O) groups is 1. The van der Waals surface area contributed by atoms with Gasteiger partial charge in [-0.25, -0.2) is 13.2 Å². The standard InChI is InChI=1S/C12H15FO4S/c1-2-9-4-5-10(12(14)15)8-11(9)18(16,17)7-3-6-13/h4-5,8H,2-3,6-7H2,1H3,(H,14,15). The van der Waals surface area contributed by atoms with Gasteiger partial charge in [0.1, 0.15) is 0 Å². The maximum atomic E-state index is 12.1. The zero-order valence-electron chi connectivity index (χ0n) is 10.0. The van der Waals surface area contributed by atoms with Crippen LogP contribution >= 0.6 is 0 Å². The predicted octanol–water partition coefficient (Wildman–Crippen LogP) is 2.08. The van der Waals surface area contributed by atoms with Crippen LogP contribution in [0, 0.1) is 0 Å². The topological polar surface area (TPSA) is 71.4 Å². The maximum Gasteiger partial charge on any atom is 0.335 e. The fraction of sp³-hybridized carbons (Fsp3) is 0.417. The third-order valence-electron chi connectivity index (χ3n) is 2.58. The molecule has 100 valence electrons. The van der Waals surface area contributed by atoms with Crippen molar-refractivity contribution in [1.82, 2.24) is 0 Å². The van der Waals surface area contributed by atoms with Crippen molar-refractivity contribution in [1.29, 1.82) is 0 Å². The van der Waals surface area contributed by atoms with Gasteiger partial charge >= 0.3 is 5.97 Å². The number of carboxylic acid groups (broad SMARTS) is 1. The molecule has 0 amide bonds. The van der Waals surface area contributed by atoms with Gasteiger partial charge in [-0.15, -0.1) is 0 Å². The molecule has 0 radical (unpaired) electrons. The van der Waals surface area contributed by atoms with Crippen LogP contribution in [-0.4, -0.2) is 31.9 Å². The highest BCUT2D eigenvalue weighted by Crippen LogP contribution is 2.20. The Hall–Kier alpha value is -1.43. The maximum absolute atomic E-state index is 12.1. The lowest BCUT2D eigenvalue weighted by atomic mass is 10.1. The first-order chi connectivity index (χ1) is 8.42. The Bertz CT molecular complexity index is 537. The molecule has 1 rings (SSSR count). The van der Waals surface area contributed by atoms with Crippen molar-refractivity contribution in [2.24, 2.45) is 0 Å². The second kappa shape index (κ2) is 5.95. The largest absolute Gasteiger partial charge is 0.478 e. The Morgan fingerprint density at radius 1 is 1.39 bits per heavy atom. The summed E-state index contributed by atoms with van der Waals surface area (Å²) in [6.07, 6.45) is 0.396. The van der Waals surface area contributed by atoms with E-state index in [1.54, 1.807) is 6.92 Å². The molecular weight excluding hydrogens is 259 g/mol. The van der Waals surface area contributed by atoms with E-state index in [1.165, 1.54) is 12.1 Å². The molecular formula is C12H15FO4S. The smallest absolute Gasteiger partial charge is 0.335 e. The predicted molar refractivity (Wildman–Crippen MR) is 65.4 cm³/mol. The summed E-state index contributed by atoms with van der Waals surface area (Å²) < 4.78 is 36.0. The number of hydrogen-bond donors (Lipinski definition) is 1. The lowest BCUT2D eigenvalue weighted by molar-refractivity contribution is 0.0696. The molecule has 1 aromatic carbocycles. The van der Waals surface area contributed by atoms with Crippen molar-refractivity contribution in [3.63, 3.8) is 0 Å². The Labute approximate surface area is 105 Å². The summed E-state index contributed by atoms with van der Waals surface area (Å²) in [5.41, 5.74) is 0.477. The molecule has 18 heavy (non-hydrogen) atoms. The number of carboxylic acids is 1. The van der Waals surface area contributed by atoms with Gasteiger partial charge in [-0.3, -0.25) is 4.39 Å². The second-order valence-corrected chi connectivity index (χ2v) is 5.92. The second-order valence-electron chi connectivity index (χ2n) is 3.84.